The molecule has 5 aliphatic rings. The minimum atomic E-state index is 0. The summed E-state index contributed by atoms with van der Waals surface area (Å²) < 4.78 is 35.0. The summed E-state index contributed by atoms with van der Waals surface area (Å²) in [6.45, 7) is 10.5. The van der Waals surface area contributed by atoms with Crippen molar-refractivity contribution < 1.29 is 161 Å². The van der Waals surface area contributed by atoms with Crippen LogP contribution in [0.4, 0.5) is 28.7 Å². The number of aromatic nitrogens is 5. The number of para-hydroxylation sites is 12. The molecule has 0 spiro atoms. The monoisotopic (exact) mass is 2150 g/mol. The molecule has 0 N–H and O–H groups in total. The maximum absolute atomic E-state index is 11.6. The smallest absolute Gasteiger partial charge is 0.411 e. The molecule has 600 valence electrons. The Kier molecular flexibility index (Phi) is 33.7. The number of ether oxygens (including phenoxy) is 3. The third kappa shape index (κ3) is 22.2. The summed E-state index contributed by atoms with van der Waals surface area (Å²) in [5.74, 6) is 7.58. The van der Waals surface area contributed by atoms with Gasteiger partial charge in [0.2, 0.25) is 28.9 Å². The SMILES string of the molecule is CN1C(=Cc2cc[n+](-c3ccccc3)c(Cl)c2)Oc2ccccc21.CN1C(=Cc2cc[n+](-c3ccccc3)c(N3CC[N+](C)(C)CC3)c2)Oc2ccccc21.CN1CCN(c2cc(C=C3Oc4ccccc4N3C)cc[n+]2-c2ccccc2)CC1.CSc1oc2ccccc2[n+]1C.Cc1ccn(-c2ccccc2)c(=O)c1.[I-].[I-].[I-].[I-].[I-]. The van der Waals surface area contributed by atoms with Crippen molar-refractivity contribution in [3.8, 4) is 40.0 Å². The molecule has 17 nitrogen and oxygen atoms in total. The molecule has 116 heavy (non-hydrogen) atoms. The fraction of sp³-hybridized carbons (Fsp3) is 0.185. The molecule has 0 aliphatic carbocycles. The van der Waals surface area contributed by atoms with Gasteiger partial charge >= 0.3 is 5.22 Å². The number of nitrogens with zero attached hydrogens (tertiary/aromatic N) is 12. The van der Waals surface area contributed by atoms with Crippen LogP contribution in [0.2, 0.25) is 5.15 Å². The zero-order valence-electron chi connectivity index (χ0n) is 66.2. The van der Waals surface area contributed by atoms with Crippen molar-refractivity contribution in [1.82, 2.24) is 9.47 Å². The van der Waals surface area contributed by atoms with Crippen molar-refractivity contribution in [3.05, 3.63) is 347 Å². The lowest BCUT2D eigenvalue weighted by atomic mass is 10.2. The van der Waals surface area contributed by atoms with Gasteiger partial charge in [0, 0.05) is 113 Å². The van der Waals surface area contributed by atoms with Crippen molar-refractivity contribution in [2.75, 3.05) is 125 Å². The van der Waals surface area contributed by atoms with Gasteiger partial charge in [-0.25, -0.2) is 14.0 Å². The molecule has 13 aromatic rings. The molecule has 24 heteroatoms. The molecule has 0 saturated carbocycles. The summed E-state index contributed by atoms with van der Waals surface area (Å²) in [5, 5.41) is 1.59. The van der Waals surface area contributed by atoms with Crippen molar-refractivity contribution in [1.29, 1.82) is 0 Å². The lowest BCUT2D eigenvalue weighted by Gasteiger charge is -2.36. The Balaban J connectivity index is 0.000000170. The number of likely N-dealkylation sites (N-methyl/N-ethyl adjacent to an activating group) is 2. The van der Waals surface area contributed by atoms with Crippen molar-refractivity contribution >= 4 is 81.4 Å². The minimum absolute atomic E-state index is 0. The van der Waals surface area contributed by atoms with E-state index in [1.54, 1.807) is 28.6 Å². The van der Waals surface area contributed by atoms with Crippen LogP contribution in [0.1, 0.15) is 22.3 Å². The van der Waals surface area contributed by atoms with E-state index in [9.17, 15) is 4.79 Å². The molecule has 8 aromatic carbocycles. The lowest BCUT2D eigenvalue weighted by Crippen LogP contribution is -3.00. The van der Waals surface area contributed by atoms with Gasteiger partial charge in [0.25, 0.3) is 27.9 Å². The molecule has 0 amide bonds. The molecule has 0 atom stereocenters. The van der Waals surface area contributed by atoms with Gasteiger partial charge in [-0.3, -0.25) is 19.2 Å². The topological polar surface area (TPSA) is 97.8 Å². The quantitative estimate of drug-likeness (QED) is 0.0639. The highest BCUT2D eigenvalue weighted by molar-refractivity contribution is 7.98. The van der Waals surface area contributed by atoms with Gasteiger partial charge in [0.1, 0.15) is 44.6 Å². The largest absolute Gasteiger partial charge is 1.00 e. The van der Waals surface area contributed by atoms with Crippen molar-refractivity contribution in [3.63, 3.8) is 0 Å². The Morgan fingerprint density at radius 2 is 0.819 bits per heavy atom. The van der Waals surface area contributed by atoms with Gasteiger partial charge in [-0.05, 0) is 163 Å². The molecule has 5 aromatic heterocycles. The highest BCUT2D eigenvalue weighted by Gasteiger charge is 2.33. The van der Waals surface area contributed by atoms with Gasteiger partial charge in [-0.15, -0.1) is 0 Å². The number of rotatable bonds is 10. The lowest BCUT2D eigenvalue weighted by molar-refractivity contribution is -0.890. The zero-order chi connectivity index (χ0) is 77.0. The second-order valence-electron chi connectivity index (χ2n) is 28.4. The summed E-state index contributed by atoms with van der Waals surface area (Å²) >= 11 is 8.07. The maximum atomic E-state index is 11.6. The van der Waals surface area contributed by atoms with Crippen LogP contribution in [0, 0.1) is 6.92 Å². The third-order valence-corrected chi connectivity index (χ3v) is 21.2. The highest BCUT2D eigenvalue weighted by Crippen LogP contribution is 2.41. The minimum Gasteiger partial charge on any atom is -1.00 e. The normalized spacial score (nSPS) is 15.0. The number of pyridine rings is 4. The Bertz CT molecular complexity index is 5580. The number of oxazole rings is 1. The molecule has 2 saturated heterocycles. The molecular weight excluding hydrogens is 2060 g/mol. The molecule has 2 fully saturated rings. The van der Waals surface area contributed by atoms with E-state index < -0.39 is 0 Å². The molecule has 0 radical (unpaired) electrons. The van der Waals surface area contributed by atoms with Crippen LogP contribution < -0.4 is 182 Å². The van der Waals surface area contributed by atoms with Crippen LogP contribution in [0.3, 0.4) is 0 Å². The van der Waals surface area contributed by atoms with Crippen LogP contribution in [0.15, 0.2) is 324 Å². The molecule has 18 rings (SSSR count). The third-order valence-electron chi connectivity index (χ3n) is 20.2. The molecule has 10 heterocycles. The zero-order valence-corrected chi connectivity index (χ0v) is 78.5. The Hall–Kier alpha value is -8.54. The fourth-order valence-corrected chi connectivity index (χ4v) is 14.6. The summed E-state index contributed by atoms with van der Waals surface area (Å²) in [4.78, 5) is 25.2. The fourth-order valence-electron chi connectivity index (χ4n) is 13.7. The van der Waals surface area contributed by atoms with E-state index in [1.807, 2.05) is 214 Å². The van der Waals surface area contributed by atoms with Crippen LogP contribution in [-0.2, 0) is 7.05 Å². The molecule has 5 aliphatic heterocycles. The summed E-state index contributed by atoms with van der Waals surface area (Å²) in [6.07, 6.45) is 16.3. The van der Waals surface area contributed by atoms with Crippen LogP contribution in [0.5, 0.6) is 17.2 Å². The number of fused-ring (bicyclic) bond motifs is 4. The number of benzene rings is 8. The second kappa shape index (κ2) is 42.7. The summed E-state index contributed by atoms with van der Waals surface area (Å²) in [6, 6.07) is 89.4. The summed E-state index contributed by atoms with van der Waals surface area (Å²) in [7, 11) is 14.9. The van der Waals surface area contributed by atoms with Crippen LogP contribution >= 0.6 is 23.4 Å². The van der Waals surface area contributed by atoms with Gasteiger partial charge in [-0.2, -0.15) is 9.13 Å². The van der Waals surface area contributed by atoms with Gasteiger partial charge < -0.3 is 158 Å². The van der Waals surface area contributed by atoms with E-state index >= 15 is 0 Å². The predicted molar refractivity (Wildman–Crippen MR) is 449 cm³/mol. The van der Waals surface area contributed by atoms with Gasteiger partial charge in [0.05, 0.1) is 56.6 Å². The molecular formula is C92H94ClI5N12O5S. The van der Waals surface area contributed by atoms with E-state index in [2.05, 4.69) is 194 Å². The predicted octanol–water partition coefficient (Wildman–Crippen LogP) is 0.818. The number of piperazine rings is 2. The van der Waals surface area contributed by atoms with E-state index in [-0.39, 0.29) is 125 Å². The number of aryl methyl sites for hydroxylation is 2. The van der Waals surface area contributed by atoms with E-state index in [1.165, 1.54) is 23.0 Å². The van der Waals surface area contributed by atoms with Gasteiger partial charge in [-0.1, -0.05) is 121 Å². The first-order chi connectivity index (χ1) is 54.0. The highest BCUT2D eigenvalue weighted by atomic mass is 127. The summed E-state index contributed by atoms with van der Waals surface area (Å²) in [5.41, 5.74) is 13.9. The number of quaternary nitrogens is 1. The van der Waals surface area contributed by atoms with Crippen molar-refractivity contribution in [2.45, 2.75) is 12.1 Å². The van der Waals surface area contributed by atoms with Crippen LogP contribution in [0.25, 0.3) is 52.1 Å². The Labute approximate surface area is 775 Å². The number of hydrogen-bond donors (Lipinski definition) is 0. The van der Waals surface area contributed by atoms with E-state index in [4.69, 9.17) is 30.2 Å². The van der Waals surface area contributed by atoms with E-state index in [0.29, 0.717) is 5.15 Å². The number of thioether (sulfide) groups is 1. The standard InChI is InChI=1S/C26H30N4O.C25H27N4O.C20H16ClN2O.C12H11NO.C9H10NOS.5HI/c1-27-23-11-7-8-12-24(23)31-26(27)20-21-13-14-29(22-9-5-4-6-10-22)25(19-21)28-15-17-30(2,3)18-16-28;1-26-14-16-28(17-15-26)24-18-20(12-13-29(24)21-8-4-3-5-9-21)19-25-27(2)22-10-6-7-11-23(22)30-25;1-22-17-9-5-6-10-18(17)24-20(22)14-15-11-12-23(19(21)13-15)16-7-3-2-4-8-16;1-10-7-8-13(12(14)9-10)11-5-3-2-4-6-11;1-10-7-5-3-4-6-8(7)11-9(10)12-2;;;;;/h4-14,19-20H,15-18H2,1-3H3;3-13,18-19H,14-17H2,1-2H3;2-14H,1H3;2-9H,1H3;3-6H,1-2H3;5*1H/q+2;2*+1;;+1;;;;;/p-5. The van der Waals surface area contributed by atoms with Crippen LogP contribution in [-0.4, -0.2) is 115 Å². The average Bonchev–Trinajstić information content (AvgIpc) is 1.78. The maximum Gasteiger partial charge on any atom is 0.411 e. The van der Waals surface area contributed by atoms with E-state index in [0.717, 1.165) is 159 Å². The van der Waals surface area contributed by atoms with Crippen molar-refractivity contribution in [2.24, 2.45) is 7.05 Å². The Morgan fingerprint density at radius 1 is 0.440 bits per heavy atom. The first-order valence-electron chi connectivity index (χ1n) is 37.3. The average molecular weight is 2150 g/mol. The molecule has 0 unspecified atom stereocenters. The number of halogens is 6. The first kappa shape index (κ1) is 91.4. The number of hydrogen-bond acceptors (Lipinski definition) is 12. The molecule has 0 bridgehead atoms. The Morgan fingerprint density at radius 3 is 1.23 bits per heavy atom. The first-order valence-corrected chi connectivity index (χ1v) is 38.9. The second-order valence-corrected chi connectivity index (χ2v) is 29.5. The number of anilines is 5. The van der Waals surface area contributed by atoms with Gasteiger partial charge in [0.15, 0.2) is 23.4 Å².